The van der Waals surface area contributed by atoms with Gasteiger partial charge >= 0.3 is 0 Å². The van der Waals surface area contributed by atoms with Crippen LogP contribution in [0.3, 0.4) is 0 Å². The summed E-state index contributed by atoms with van der Waals surface area (Å²) in [6.07, 6.45) is 2.54. The number of aliphatic hydroxyl groups is 1. The van der Waals surface area contributed by atoms with Crippen LogP contribution >= 0.6 is 0 Å². The van der Waals surface area contributed by atoms with Gasteiger partial charge in [-0.2, -0.15) is 0 Å². The van der Waals surface area contributed by atoms with Crippen LogP contribution in [0.4, 0.5) is 0 Å². The molecule has 0 spiro atoms. The second-order valence-corrected chi connectivity index (χ2v) is 4.80. The first-order valence-corrected chi connectivity index (χ1v) is 6.25. The Morgan fingerprint density at radius 3 is 3.06 bits per heavy atom. The number of fused-ring (bicyclic) bond motifs is 1. The maximum absolute atomic E-state index is 11.6. The van der Waals surface area contributed by atoms with Gasteiger partial charge in [0, 0.05) is 30.2 Å². The molecular weight excluding hydrogens is 228 g/mol. The number of likely N-dealkylation sites (tertiary alicyclic amines) is 1. The zero-order chi connectivity index (χ0) is 12.5. The molecule has 1 unspecified atom stereocenters. The summed E-state index contributed by atoms with van der Waals surface area (Å²) in [6.45, 7) is 1.15. The summed E-state index contributed by atoms with van der Waals surface area (Å²) in [5.74, 6) is 0.0590. The van der Waals surface area contributed by atoms with Crippen LogP contribution in [0.2, 0.25) is 0 Å². The molecule has 1 atom stereocenters. The van der Waals surface area contributed by atoms with Crippen LogP contribution in [-0.4, -0.2) is 40.1 Å². The summed E-state index contributed by atoms with van der Waals surface area (Å²) in [5.41, 5.74) is 2.36. The molecule has 1 aliphatic heterocycles. The number of carbonyl (C=O) groups excluding carboxylic acids is 1. The van der Waals surface area contributed by atoms with E-state index in [9.17, 15) is 9.90 Å². The first-order chi connectivity index (χ1) is 8.74. The molecule has 0 saturated carbocycles. The van der Waals surface area contributed by atoms with Gasteiger partial charge in [-0.25, -0.2) is 0 Å². The van der Waals surface area contributed by atoms with E-state index >= 15 is 0 Å². The van der Waals surface area contributed by atoms with Gasteiger partial charge in [0.15, 0.2) is 0 Å². The van der Waals surface area contributed by atoms with Gasteiger partial charge in [-0.05, 0) is 24.1 Å². The molecule has 3 rings (SSSR count). The molecule has 2 N–H and O–H groups in total. The topological polar surface area (TPSA) is 56.3 Å². The van der Waals surface area contributed by atoms with Gasteiger partial charge in [0.25, 0.3) is 0 Å². The van der Waals surface area contributed by atoms with Crippen molar-refractivity contribution >= 4 is 16.8 Å². The molecule has 18 heavy (non-hydrogen) atoms. The van der Waals surface area contributed by atoms with Crippen LogP contribution in [0.1, 0.15) is 12.0 Å². The van der Waals surface area contributed by atoms with E-state index in [2.05, 4.69) is 17.1 Å². The van der Waals surface area contributed by atoms with Crippen LogP contribution in [0.25, 0.3) is 10.9 Å². The lowest BCUT2D eigenvalue weighted by molar-refractivity contribution is -0.127. The van der Waals surface area contributed by atoms with E-state index in [1.165, 1.54) is 10.9 Å². The Balaban J connectivity index is 1.73. The fraction of sp³-hybridized carbons (Fsp3) is 0.357. The minimum Gasteiger partial charge on any atom is -0.391 e. The average Bonchev–Trinajstić information content (AvgIpc) is 2.93. The molecule has 1 amide bonds. The number of hydrogen-bond donors (Lipinski definition) is 2. The molecule has 0 radical (unpaired) electrons. The quantitative estimate of drug-likeness (QED) is 0.855. The molecule has 1 aliphatic rings. The number of amides is 1. The lowest BCUT2D eigenvalue weighted by atomic mass is 10.1. The Labute approximate surface area is 105 Å². The summed E-state index contributed by atoms with van der Waals surface area (Å²) >= 11 is 0. The van der Waals surface area contributed by atoms with Gasteiger partial charge in [0.1, 0.15) is 0 Å². The highest BCUT2D eigenvalue weighted by Crippen LogP contribution is 2.19. The SMILES string of the molecule is O=C1CC(O)CN1CCc1cccc2[nH]ccc12. The average molecular weight is 244 g/mol. The Kier molecular flexibility index (Phi) is 2.80. The number of rotatable bonds is 3. The number of aromatic nitrogens is 1. The van der Waals surface area contributed by atoms with Gasteiger partial charge in [0.05, 0.1) is 12.5 Å². The lowest BCUT2D eigenvalue weighted by Gasteiger charge is -2.15. The first-order valence-electron chi connectivity index (χ1n) is 6.25. The number of H-pyrrole nitrogens is 1. The second-order valence-electron chi connectivity index (χ2n) is 4.80. The third-order valence-corrected chi connectivity index (χ3v) is 3.53. The second kappa shape index (κ2) is 4.46. The van der Waals surface area contributed by atoms with Crippen LogP contribution in [0, 0.1) is 0 Å². The molecule has 0 aliphatic carbocycles. The Bertz CT molecular complexity index is 576. The number of carbonyl (C=O) groups is 1. The minimum atomic E-state index is -0.486. The molecule has 2 heterocycles. The number of nitrogens with zero attached hydrogens (tertiary/aromatic N) is 1. The number of aliphatic hydroxyl groups excluding tert-OH is 1. The van der Waals surface area contributed by atoms with E-state index in [0.717, 1.165) is 11.9 Å². The maximum atomic E-state index is 11.6. The number of β-amino-alcohol motifs (C(OH)–C–C–N with tert-alkyl or cyclic N) is 1. The molecule has 2 aromatic rings. The van der Waals surface area contributed by atoms with Gasteiger partial charge in [0.2, 0.25) is 5.91 Å². The van der Waals surface area contributed by atoms with Crippen molar-refractivity contribution in [3.05, 3.63) is 36.0 Å². The standard InChI is InChI=1S/C14H16N2O2/c17-11-8-14(18)16(9-11)7-5-10-2-1-3-13-12(10)4-6-15-13/h1-4,6,11,15,17H,5,7-9H2. The third-order valence-electron chi connectivity index (χ3n) is 3.53. The monoisotopic (exact) mass is 244 g/mol. The van der Waals surface area contributed by atoms with Crippen molar-refractivity contribution in [1.82, 2.24) is 9.88 Å². The van der Waals surface area contributed by atoms with Gasteiger partial charge in [-0.1, -0.05) is 12.1 Å². The molecule has 1 fully saturated rings. The number of hydrogen-bond acceptors (Lipinski definition) is 2. The summed E-state index contributed by atoms with van der Waals surface area (Å²) in [4.78, 5) is 16.5. The van der Waals surface area contributed by atoms with E-state index in [-0.39, 0.29) is 12.3 Å². The normalized spacial score (nSPS) is 19.9. The van der Waals surface area contributed by atoms with Crippen molar-refractivity contribution in [2.75, 3.05) is 13.1 Å². The van der Waals surface area contributed by atoms with E-state index < -0.39 is 6.10 Å². The van der Waals surface area contributed by atoms with E-state index in [0.29, 0.717) is 13.1 Å². The minimum absolute atomic E-state index is 0.0590. The van der Waals surface area contributed by atoms with Crippen LogP contribution < -0.4 is 0 Å². The van der Waals surface area contributed by atoms with Gasteiger partial charge in [-0.15, -0.1) is 0 Å². The number of aromatic amines is 1. The van der Waals surface area contributed by atoms with E-state index in [4.69, 9.17) is 0 Å². The number of nitrogens with one attached hydrogen (secondary N) is 1. The molecule has 4 heteroatoms. The summed E-state index contributed by atoms with van der Waals surface area (Å²) < 4.78 is 0. The molecular formula is C14H16N2O2. The van der Waals surface area contributed by atoms with Crippen molar-refractivity contribution in [3.63, 3.8) is 0 Å². The first kappa shape index (κ1) is 11.3. The van der Waals surface area contributed by atoms with Gasteiger partial charge < -0.3 is 15.0 Å². The zero-order valence-corrected chi connectivity index (χ0v) is 10.1. The van der Waals surface area contributed by atoms with Crippen LogP contribution in [-0.2, 0) is 11.2 Å². The molecule has 0 bridgehead atoms. The third kappa shape index (κ3) is 1.99. The molecule has 1 aromatic heterocycles. The van der Waals surface area contributed by atoms with E-state index in [1.54, 1.807) is 4.90 Å². The highest BCUT2D eigenvalue weighted by Gasteiger charge is 2.27. The Morgan fingerprint density at radius 1 is 1.39 bits per heavy atom. The fourth-order valence-electron chi connectivity index (χ4n) is 2.59. The highest BCUT2D eigenvalue weighted by molar-refractivity contribution is 5.83. The van der Waals surface area contributed by atoms with Crippen molar-refractivity contribution < 1.29 is 9.90 Å². The van der Waals surface area contributed by atoms with Crippen LogP contribution in [0.15, 0.2) is 30.5 Å². The maximum Gasteiger partial charge on any atom is 0.225 e. The summed E-state index contributed by atoms with van der Waals surface area (Å²) in [6, 6.07) is 8.22. The smallest absolute Gasteiger partial charge is 0.225 e. The molecule has 1 aromatic carbocycles. The molecule has 4 nitrogen and oxygen atoms in total. The fourth-order valence-corrected chi connectivity index (χ4v) is 2.59. The number of benzene rings is 1. The zero-order valence-electron chi connectivity index (χ0n) is 10.1. The van der Waals surface area contributed by atoms with E-state index in [1.807, 2.05) is 18.3 Å². The van der Waals surface area contributed by atoms with Gasteiger partial charge in [-0.3, -0.25) is 4.79 Å². The highest BCUT2D eigenvalue weighted by atomic mass is 16.3. The summed E-state index contributed by atoms with van der Waals surface area (Å²) in [7, 11) is 0. The van der Waals surface area contributed by atoms with Crippen molar-refractivity contribution in [2.45, 2.75) is 18.9 Å². The van der Waals surface area contributed by atoms with Crippen molar-refractivity contribution in [3.8, 4) is 0 Å². The summed E-state index contributed by atoms with van der Waals surface area (Å²) in [5, 5.41) is 10.7. The van der Waals surface area contributed by atoms with Crippen molar-refractivity contribution in [2.24, 2.45) is 0 Å². The van der Waals surface area contributed by atoms with Crippen molar-refractivity contribution in [1.29, 1.82) is 0 Å². The molecule has 94 valence electrons. The lowest BCUT2D eigenvalue weighted by Crippen LogP contribution is -2.28. The largest absolute Gasteiger partial charge is 0.391 e. The Hall–Kier alpha value is -1.81. The Morgan fingerprint density at radius 2 is 2.28 bits per heavy atom. The van der Waals surface area contributed by atoms with Crippen LogP contribution in [0.5, 0.6) is 0 Å². The predicted octanol–water partition coefficient (Wildman–Crippen LogP) is 1.30. The molecule has 1 saturated heterocycles. The predicted molar refractivity (Wildman–Crippen MR) is 69.2 cm³/mol.